The van der Waals surface area contributed by atoms with Gasteiger partial charge in [-0.25, -0.2) is 0 Å². The van der Waals surface area contributed by atoms with Gasteiger partial charge in [-0.3, -0.25) is 14.4 Å². The third-order valence-corrected chi connectivity index (χ3v) is 4.72. The second-order valence-electron chi connectivity index (χ2n) is 6.97. The van der Waals surface area contributed by atoms with Gasteiger partial charge in [-0.1, -0.05) is 32.0 Å². The number of benzene rings is 1. The van der Waals surface area contributed by atoms with Gasteiger partial charge in [0, 0.05) is 12.1 Å². The van der Waals surface area contributed by atoms with Crippen LogP contribution in [0.15, 0.2) is 30.3 Å². The molecular weight excluding hydrogens is 306 g/mol. The van der Waals surface area contributed by atoms with Crippen molar-refractivity contribution in [3.63, 3.8) is 0 Å². The van der Waals surface area contributed by atoms with Crippen molar-refractivity contribution >= 4 is 17.7 Å². The Balaban J connectivity index is 2.27. The highest BCUT2D eigenvalue weighted by atomic mass is 16.2. The van der Waals surface area contributed by atoms with Crippen molar-refractivity contribution in [1.29, 1.82) is 0 Å². The van der Waals surface area contributed by atoms with Crippen molar-refractivity contribution in [2.75, 3.05) is 6.54 Å². The number of nitrogens with one attached hydrogen (secondary N) is 1. The number of rotatable bonds is 4. The van der Waals surface area contributed by atoms with Crippen LogP contribution in [0.25, 0.3) is 0 Å². The van der Waals surface area contributed by atoms with Crippen LogP contribution < -0.4 is 11.1 Å². The Hall–Kier alpha value is -2.37. The summed E-state index contributed by atoms with van der Waals surface area (Å²) in [6.45, 7) is 6.00. The molecule has 1 aromatic rings. The molecule has 2 rings (SSSR count). The zero-order valence-corrected chi connectivity index (χ0v) is 14.4. The molecule has 2 atom stereocenters. The maximum absolute atomic E-state index is 13.0. The fourth-order valence-corrected chi connectivity index (χ4v) is 3.06. The van der Waals surface area contributed by atoms with Crippen LogP contribution in [0.1, 0.15) is 44.0 Å². The third kappa shape index (κ3) is 3.75. The van der Waals surface area contributed by atoms with Gasteiger partial charge in [0.2, 0.25) is 11.8 Å². The summed E-state index contributed by atoms with van der Waals surface area (Å²) in [5.41, 5.74) is 5.46. The summed E-state index contributed by atoms with van der Waals surface area (Å²) >= 11 is 0. The lowest BCUT2D eigenvalue weighted by atomic mass is 9.80. The number of hydrogen-bond acceptors (Lipinski definition) is 3. The summed E-state index contributed by atoms with van der Waals surface area (Å²) in [6.07, 6.45) is 1.52. The second kappa shape index (κ2) is 7.03. The highest BCUT2D eigenvalue weighted by Gasteiger charge is 2.42. The number of carbonyl (C=O) groups excluding carboxylic acids is 3. The van der Waals surface area contributed by atoms with Gasteiger partial charge in [-0.2, -0.15) is 0 Å². The minimum atomic E-state index is -0.700. The van der Waals surface area contributed by atoms with Crippen LogP contribution >= 0.6 is 0 Å². The number of carbonyl (C=O) groups is 3. The van der Waals surface area contributed by atoms with Gasteiger partial charge in [0.25, 0.3) is 5.91 Å². The van der Waals surface area contributed by atoms with Crippen LogP contribution in [0, 0.1) is 5.41 Å². The van der Waals surface area contributed by atoms with Gasteiger partial charge in [-0.05, 0) is 37.3 Å². The topological polar surface area (TPSA) is 92.5 Å². The summed E-state index contributed by atoms with van der Waals surface area (Å²) in [6, 6.07) is 7.39. The van der Waals surface area contributed by atoms with E-state index in [2.05, 4.69) is 5.32 Å². The Kier molecular flexibility index (Phi) is 5.26. The molecule has 0 aromatic heterocycles. The molecule has 1 heterocycles. The lowest BCUT2D eigenvalue weighted by Crippen LogP contribution is -2.57. The van der Waals surface area contributed by atoms with Gasteiger partial charge < -0.3 is 16.0 Å². The molecule has 1 aliphatic rings. The number of hydrogen-bond donors (Lipinski definition) is 2. The Morgan fingerprint density at radius 3 is 2.50 bits per heavy atom. The molecule has 6 nitrogen and oxygen atoms in total. The molecule has 1 aromatic carbocycles. The smallest absolute Gasteiger partial charge is 0.251 e. The average molecular weight is 331 g/mol. The zero-order valence-electron chi connectivity index (χ0n) is 14.4. The maximum atomic E-state index is 13.0. The van der Waals surface area contributed by atoms with Crippen LogP contribution in [0.2, 0.25) is 0 Å². The van der Waals surface area contributed by atoms with Gasteiger partial charge in [0.05, 0.1) is 0 Å². The molecule has 24 heavy (non-hydrogen) atoms. The van der Waals surface area contributed by atoms with E-state index >= 15 is 0 Å². The van der Waals surface area contributed by atoms with Crippen LogP contribution in [0.3, 0.4) is 0 Å². The maximum Gasteiger partial charge on any atom is 0.251 e. The number of likely N-dealkylation sites (tertiary alicyclic amines) is 1. The molecule has 1 fully saturated rings. The minimum absolute atomic E-state index is 0.256. The number of nitrogens with two attached hydrogens (primary N) is 1. The molecule has 0 saturated carbocycles. The molecule has 2 unspecified atom stereocenters. The Morgan fingerprint density at radius 2 is 1.92 bits per heavy atom. The van der Waals surface area contributed by atoms with Crippen LogP contribution in [0.4, 0.5) is 0 Å². The van der Waals surface area contributed by atoms with Gasteiger partial charge in [-0.15, -0.1) is 0 Å². The summed E-state index contributed by atoms with van der Waals surface area (Å²) in [7, 11) is 0. The van der Waals surface area contributed by atoms with E-state index in [4.69, 9.17) is 5.73 Å². The predicted octanol–water partition coefficient (Wildman–Crippen LogP) is 1.31. The molecule has 0 spiro atoms. The Bertz CT molecular complexity index is 628. The molecule has 1 saturated heterocycles. The zero-order chi connectivity index (χ0) is 17.9. The molecule has 6 heteroatoms. The standard InChI is InChI=1S/C18H25N3O3/c1-12(15(19)22)21-11-7-10-18(2,3)14(17(21)24)20-16(23)13-8-5-4-6-9-13/h4-6,8-9,12,14H,7,10-11H2,1-3H3,(H2,19,22)(H,20,23). The lowest BCUT2D eigenvalue weighted by molar-refractivity contribution is -0.141. The monoisotopic (exact) mass is 331 g/mol. The van der Waals surface area contributed by atoms with Gasteiger partial charge in [0.1, 0.15) is 12.1 Å². The van der Waals surface area contributed by atoms with Crippen LogP contribution in [-0.4, -0.2) is 41.2 Å². The van der Waals surface area contributed by atoms with E-state index in [-0.39, 0.29) is 11.8 Å². The first-order valence-electron chi connectivity index (χ1n) is 8.20. The quantitative estimate of drug-likeness (QED) is 0.871. The SMILES string of the molecule is CC(C(N)=O)N1CCCC(C)(C)C(NC(=O)c2ccccc2)C1=O. The predicted molar refractivity (Wildman–Crippen MR) is 91.1 cm³/mol. The first-order valence-corrected chi connectivity index (χ1v) is 8.20. The van der Waals surface area contributed by atoms with Crippen LogP contribution in [-0.2, 0) is 9.59 Å². The summed E-state index contributed by atoms with van der Waals surface area (Å²) in [5.74, 6) is -1.10. The minimum Gasteiger partial charge on any atom is -0.368 e. The van der Waals surface area contributed by atoms with Crippen molar-refractivity contribution in [1.82, 2.24) is 10.2 Å². The third-order valence-electron chi connectivity index (χ3n) is 4.72. The van der Waals surface area contributed by atoms with Crippen molar-refractivity contribution in [2.24, 2.45) is 11.1 Å². The van der Waals surface area contributed by atoms with E-state index in [9.17, 15) is 14.4 Å². The fourth-order valence-electron chi connectivity index (χ4n) is 3.06. The molecular formula is C18H25N3O3. The number of amides is 3. The van der Waals surface area contributed by atoms with Gasteiger partial charge >= 0.3 is 0 Å². The average Bonchev–Trinajstić information content (AvgIpc) is 2.65. The first kappa shape index (κ1) is 18.0. The molecule has 0 aliphatic carbocycles. The van der Waals surface area contributed by atoms with E-state index in [1.54, 1.807) is 31.2 Å². The molecule has 3 N–H and O–H groups in total. The van der Waals surface area contributed by atoms with Crippen molar-refractivity contribution in [3.05, 3.63) is 35.9 Å². The van der Waals surface area contributed by atoms with E-state index in [0.717, 1.165) is 12.8 Å². The van der Waals surface area contributed by atoms with Crippen molar-refractivity contribution in [3.8, 4) is 0 Å². The van der Waals surface area contributed by atoms with Crippen molar-refractivity contribution < 1.29 is 14.4 Å². The Morgan fingerprint density at radius 1 is 1.29 bits per heavy atom. The van der Waals surface area contributed by atoms with Crippen LogP contribution in [0.5, 0.6) is 0 Å². The summed E-state index contributed by atoms with van der Waals surface area (Å²) in [5, 5.41) is 2.86. The molecule has 0 radical (unpaired) electrons. The molecule has 130 valence electrons. The lowest BCUT2D eigenvalue weighted by Gasteiger charge is -2.34. The van der Waals surface area contributed by atoms with Crippen molar-refractivity contribution in [2.45, 2.75) is 45.7 Å². The largest absolute Gasteiger partial charge is 0.368 e. The van der Waals surface area contributed by atoms with E-state index in [1.807, 2.05) is 19.9 Å². The highest BCUT2D eigenvalue weighted by molar-refractivity contribution is 5.98. The van der Waals surface area contributed by atoms with Gasteiger partial charge in [0.15, 0.2) is 0 Å². The molecule has 3 amide bonds. The summed E-state index contributed by atoms with van der Waals surface area (Å²) in [4.78, 5) is 38.5. The first-order chi connectivity index (χ1) is 11.2. The normalized spacial score (nSPS) is 21.7. The second-order valence-corrected chi connectivity index (χ2v) is 6.97. The molecule has 0 bridgehead atoms. The van der Waals surface area contributed by atoms with E-state index in [0.29, 0.717) is 12.1 Å². The van der Waals surface area contributed by atoms with E-state index < -0.39 is 23.4 Å². The highest BCUT2D eigenvalue weighted by Crippen LogP contribution is 2.32. The number of nitrogens with zero attached hydrogens (tertiary/aromatic N) is 1. The fraction of sp³-hybridized carbons (Fsp3) is 0.500. The molecule has 1 aliphatic heterocycles. The summed E-state index contributed by atoms with van der Waals surface area (Å²) < 4.78 is 0. The van der Waals surface area contributed by atoms with E-state index in [1.165, 1.54) is 4.90 Å². The Labute approximate surface area is 142 Å². The number of primary amides is 1.